The van der Waals surface area contributed by atoms with Crippen LogP contribution in [-0.4, -0.2) is 46.8 Å². The summed E-state index contributed by atoms with van der Waals surface area (Å²) in [7, 11) is 0. The Morgan fingerprint density at radius 1 is 1.33 bits per heavy atom. The number of carboxylic acids is 1. The van der Waals surface area contributed by atoms with E-state index in [-0.39, 0.29) is 18.2 Å². The Kier molecular flexibility index (Phi) is 4.28. The Morgan fingerprint density at radius 3 is 2.50 bits per heavy atom. The molecular weight excluding hydrogens is 230 g/mol. The summed E-state index contributed by atoms with van der Waals surface area (Å²) >= 11 is 0. The molecule has 1 saturated heterocycles. The Morgan fingerprint density at radius 2 is 2.00 bits per heavy atom. The molecule has 0 aromatic carbocycles. The molecule has 0 bridgehead atoms. The average molecular weight is 255 g/mol. The van der Waals surface area contributed by atoms with E-state index in [1.807, 2.05) is 0 Å². The maximum atomic E-state index is 11.0. The minimum absolute atomic E-state index is 0.0325. The quantitative estimate of drug-likeness (QED) is 0.818. The molecule has 104 valence electrons. The molecule has 1 aliphatic heterocycles. The van der Waals surface area contributed by atoms with Crippen LogP contribution in [-0.2, 0) is 9.53 Å². The number of carboxylic acid groups (broad SMARTS) is 1. The summed E-state index contributed by atoms with van der Waals surface area (Å²) in [5.41, 5.74) is -0.0325. The van der Waals surface area contributed by atoms with Crippen LogP contribution in [0.15, 0.2) is 0 Å². The number of hydrogen-bond acceptors (Lipinski definition) is 3. The third kappa shape index (κ3) is 3.69. The highest BCUT2D eigenvalue weighted by atomic mass is 16.5. The highest BCUT2D eigenvalue weighted by Gasteiger charge is 2.34. The second-order valence-electron chi connectivity index (χ2n) is 6.30. The Hall–Kier alpha value is -0.610. The van der Waals surface area contributed by atoms with Crippen LogP contribution in [0.2, 0.25) is 0 Å². The van der Waals surface area contributed by atoms with Crippen LogP contribution in [0.3, 0.4) is 0 Å². The lowest BCUT2D eigenvalue weighted by Crippen LogP contribution is -2.42. The van der Waals surface area contributed by atoms with E-state index in [0.29, 0.717) is 6.04 Å². The molecule has 0 amide bonds. The van der Waals surface area contributed by atoms with Crippen molar-refractivity contribution in [2.45, 2.75) is 70.1 Å². The van der Waals surface area contributed by atoms with Crippen molar-refractivity contribution >= 4 is 5.97 Å². The fourth-order valence-electron chi connectivity index (χ4n) is 3.25. The van der Waals surface area contributed by atoms with Crippen molar-refractivity contribution in [3.05, 3.63) is 0 Å². The minimum atomic E-state index is -0.723. The summed E-state index contributed by atoms with van der Waals surface area (Å²) in [5.74, 6) is -0.723. The molecule has 0 radical (unpaired) electrons. The van der Waals surface area contributed by atoms with Gasteiger partial charge in [0.25, 0.3) is 0 Å². The first-order valence-electron chi connectivity index (χ1n) is 7.10. The van der Waals surface area contributed by atoms with Gasteiger partial charge in [0, 0.05) is 12.6 Å². The molecule has 0 spiro atoms. The van der Waals surface area contributed by atoms with Crippen molar-refractivity contribution < 1.29 is 14.6 Å². The zero-order chi connectivity index (χ0) is 13.2. The molecule has 1 N–H and O–H groups in total. The van der Waals surface area contributed by atoms with E-state index in [4.69, 9.17) is 9.84 Å². The minimum Gasteiger partial charge on any atom is -0.480 e. The monoisotopic (exact) mass is 255 g/mol. The van der Waals surface area contributed by atoms with Crippen molar-refractivity contribution in [1.29, 1.82) is 0 Å². The number of hydrogen-bond donors (Lipinski definition) is 1. The molecule has 2 aliphatic rings. The summed E-state index contributed by atoms with van der Waals surface area (Å²) in [5, 5.41) is 9.04. The lowest BCUT2D eigenvalue weighted by Gasteiger charge is -2.30. The fourth-order valence-corrected chi connectivity index (χ4v) is 3.25. The molecule has 4 nitrogen and oxygen atoms in total. The SMILES string of the molecule is CC1(C)CCC(CN(CC(=O)O)C2CCCC2)O1. The van der Waals surface area contributed by atoms with Gasteiger partial charge in [-0.05, 0) is 39.5 Å². The average Bonchev–Trinajstić information content (AvgIpc) is 2.86. The van der Waals surface area contributed by atoms with Gasteiger partial charge in [-0.1, -0.05) is 12.8 Å². The predicted molar refractivity (Wildman–Crippen MR) is 69.7 cm³/mol. The van der Waals surface area contributed by atoms with Gasteiger partial charge in [0.2, 0.25) is 0 Å². The number of nitrogens with zero attached hydrogens (tertiary/aromatic N) is 1. The molecule has 1 saturated carbocycles. The van der Waals surface area contributed by atoms with Gasteiger partial charge in [-0.2, -0.15) is 0 Å². The van der Waals surface area contributed by atoms with Gasteiger partial charge in [0.05, 0.1) is 18.2 Å². The summed E-state index contributed by atoms with van der Waals surface area (Å²) in [4.78, 5) is 13.1. The van der Waals surface area contributed by atoms with Crippen molar-refractivity contribution in [3.63, 3.8) is 0 Å². The molecular formula is C14H25NO3. The summed E-state index contributed by atoms with van der Waals surface area (Å²) in [6.07, 6.45) is 7.08. The predicted octanol–water partition coefficient (Wildman–Crippen LogP) is 2.27. The maximum Gasteiger partial charge on any atom is 0.317 e. The highest BCUT2D eigenvalue weighted by molar-refractivity contribution is 5.69. The lowest BCUT2D eigenvalue weighted by molar-refractivity contribution is -0.139. The molecule has 2 rings (SSSR count). The molecule has 4 heteroatoms. The highest BCUT2D eigenvalue weighted by Crippen LogP contribution is 2.31. The van der Waals surface area contributed by atoms with Gasteiger partial charge < -0.3 is 9.84 Å². The standard InChI is InChI=1S/C14H25NO3/c1-14(2)8-7-12(18-14)9-15(10-13(16)17)11-5-3-4-6-11/h11-12H,3-10H2,1-2H3,(H,16,17). The largest absolute Gasteiger partial charge is 0.480 e. The maximum absolute atomic E-state index is 11.0. The number of rotatable bonds is 5. The molecule has 1 aliphatic carbocycles. The summed E-state index contributed by atoms with van der Waals surface area (Å²) in [6, 6.07) is 0.452. The van der Waals surface area contributed by atoms with E-state index in [1.165, 1.54) is 12.8 Å². The van der Waals surface area contributed by atoms with Gasteiger partial charge in [0.15, 0.2) is 0 Å². The second kappa shape index (κ2) is 5.57. The fraction of sp³-hybridized carbons (Fsp3) is 0.929. The topological polar surface area (TPSA) is 49.8 Å². The van der Waals surface area contributed by atoms with Gasteiger partial charge in [-0.3, -0.25) is 9.69 Å². The smallest absolute Gasteiger partial charge is 0.317 e. The molecule has 0 aromatic heterocycles. The Labute approximate surface area is 109 Å². The van der Waals surface area contributed by atoms with Crippen molar-refractivity contribution in [3.8, 4) is 0 Å². The normalized spacial score (nSPS) is 28.1. The van der Waals surface area contributed by atoms with E-state index in [1.54, 1.807) is 0 Å². The van der Waals surface area contributed by atoms with E-state index in [2.05, 4.69) is 18.7 Å². The molecule has 1 unspecified atom stereocenters. The Balaban J connectivity index is 1.90. The summed E-state index contributed by atoms with van der Waals surface area (Å²) < 4.78 is 5.99. The van der Waals surface area contributed by atoms with E-state index >= 15 is 0 Å². The third-order valence-corrected chi connectivity index (χ3v) is 4.17. The van der Waals surface area contributed by atoms with Gasteiger partial charge in [0.1, 0.15) is 0 Å². The van der Waals surface area contributed by atoms with Crippen molar-refractivity contribution in [1.82, 2.24) is 4.90 Å². The Bertz CT molecular complexity index is 297. The first-order chi connectivity index (χ1) is 8.46. The first kappa shape index (κ1) is 13.8. The van der Waals surface area contributed by atoms with Crippen LogP contribution in [0.1, 0.15) is 52.4 Å². The van der Waals surface area contributed by atoms with Gasteiger partial charge in [-0.25, -0.2) is 0 Å². The van der Waals surface area contributed by atoms with Crippen LogP contribution < -0.4 is 0 Å². The third-order valence-electron chi connectivity index (χ3n) is 4.17. The molecule has 18 heavy (non-hydrogen) atoms. The lowest BCUT2D eigenvalue weighted by atomic mass is 10.1. The van der Waals surface area contributed by atoms with E-state index in [9.17, 15) is 4.79 Å². The molecule has 1 atom stereocenters. The molecule has 1 heterocycles. The first-order valence-corrected chi connectivity index (χ1v) is 7.10. The van der Waals surface area contributed by atoms with Crippen LogP contribution in [0.25, 0.3) is 0 Å². The number of ether oxygens (including phenoxy) is 1. The number of aliphatic carboxylic acids is 1. The van der Waals surface area contributed by atoms with E-state index in [0.717, 1.165) is 32.2 Å². The molecule has 0 aromatic rings. The van der Waals surface area contributed by atoms with Gasteiger partial charge >= 0.3 is 5.97 Å². The van der Waals surface area contributed by atoms with Crippen LogP contribution in [0.4, 0.5) is 0 Å². The number of carbonyl (C=O) groups is 1. The van der Waals surface area contributed by atoms with Crippen LogP contribution in [0, 0.1) is 0 Å². The van der Waals surface area contributed by atoms with Crippen LogP contribution in [0.5, 0.6) is 0 Å². The van der Waals surface area contributed by atoms with Crippen LogP contribution >= 0.6 is 0 Å². The molecule has 2 fully saturated rings. The van der Waals surface area contributed by atoms with E-state index < -0.39 is 5.97 Å². The zero-order valence-electron chi connectivity index (χ0n) is 11.5. The summed E-state index contributed by atoms with van der Waals surface area (Å²) in [6.45, 7) is 5.17. The second-order valence-corrected chi connectivity index (χ2v) is 6.30. The zero-order valence-corrected chi connectivity index (χ0v) is 11.5. The van der Waals surface area contributed by atoms with Gasteiger partial charge in [-0.15, -0.1) is 0 Å². The van der Waals surface area contributed by atoms with Crippen molar-refractivity contribution in [2.24, 2.45) is 0 Å². The van der Waals surface area contributed by atoms with Crippen molar-refractivity contribution in [2.75, 3.05) is 13.1 Å².